The second-order valence-corrected chi connectivity index (χ2v) is 7.77. The predicted octanol–water partition coefficient (Wildman–Crippen LogP) is 2.94. The molecule has 4 aliphatic heterocycles. The van der Waals surface area contributed by atoms with Crippen LogP contribution in [0.4, 0.5) is 15.3 Å². The number of amides is 3. The lowest BCUT2D eigenvalue weighted by atomic mass is 9.60. The van der Waals surface area contributed by atoms with Gasteiger partial charge >= 0.3 is 12.1 Å². The van der Waals surface area contributed by atoms with Crippen LogP contribution in [0, 0.1) is 0 Å². The van der Waals surface area contributed by atoms with Crippen molar-refractivity contribution >= 4 is 17.8 Å². The summed E-state index contributed by atoms with van der Waals surface area (Å²) in [6.07, 6.45) is 3.60. The van der Waals surface area contributed by atoms with Gasteiger partial charge in [0.15, 0.2) is 0 Å². The third-order valence-corrected chi connectivity index (χ3v) is 6.15. The second kappa shape index (κ2) is 4.72. The van der Waals surface area contributed by atoms with Gasteiger partial charge in [-0.05, 0) is 31.4 Å². The third kappa shape index (κ3) is 1.92. The lowest BCUT2D eigenvalue weighted by Crippen LogP contribution is -2.80. The Balaban J connectivity index is 1.26. The molecule has 3 fully saturated rings. The first-order valence-electron chi connectivity index (χ1n) is 8.69. The molecule has 4 atom stereocenters. The molecular formula is C18H21N3O3. The first kappa shape index (κ1) is 14.3. The molecule has 1 N–H and O–H groups in total. The van der Waals surface area contributed by atoms with E-state index in [4.69, 9.17) is 4.74 Å². The Morgan fingerprint density at radius 2 is 1.96 bits per heavy atom. The molecule has 1 aromatic carbocycles. The molecule has 0 aromatic heterocycles. The van der Waals surface area contributed by atoms with Gasteiger partial charge in [0.05, 0.1) is 6.54 Å². The summed E-state index contributed by atoms with van der Waals surface area (Å²) in [6.45, 7) is 2.59. The van der Waals surface area contributed by atoms with Crippen LogP contribution < -0.4 is 5.32 Å². The highest BCUT2D eigenvalue weighted by Crippen LogP contribution is 2.56. The van der Waals surface area contributed by atoms with Gasteiger partial charge in [-0.3, -0.25) is 4.90 Å². The van der Waals surface area contributed by atoms with Gasteiger partial charge in [-0.1, -0.05) is 18.2 Å². The minimum Gasteiger partial charge on any atom is -0.446 e. The highest BCUT2D eigenvalue weighted by atomic mass is 16.6. The summed E-state index contributed by atoms with van der Waals surface area (Å²) >= 11 is 0. The van der Waals surface area contributed by atoms with Crippen molar-refractivity contribution in [3.8, 4) is 0 Å². The monoisotopic (exact) mass is 327 g/mol. The Hall–Kier alpha value is -2.08. The van der Waals surface area contributed by atoms with E-state index in [0.717, 1.165) is 24.1 Å². The van der Waals surface area contributed by atoms with Crippen molar-refractivity contribution in [3.63, 3.8) is 0 Å². The number of nitrogens with zero attached hydrogens (tertiary/aromatic N) is 2. The number of para-hydroxylation sites is 1. The van der Waals surface area contributed by atoms with Crippen LogP contribution in [0.3, 0.4) is 0 Å². The van der Waals surface area contributed by atoms with E-state index >= 15 is 0 Å². The quantitative estimate of drug-likeness (QED) is 0.861. The average molecular weight is 327 g/mol. The van der Waals surface area contributed by atoms with E-state index in [1.165, 1.54) is 17.7 Å². The highest BCUT2D eigenvalue weighted by molar-refractivity contribution is 6.01. The van der Waals surface area contributed by atoms with Crippen LogP contribution in [-0.4, -0.2) is 45.7 Å². The molecule has 4 aliphatic rings. The first-order chi connectivity index (χ1) is 11.5. The van der Waals surface area contributed by atoms with Gasteiger partial charge in [-0.25, -0.2) is 14.5 Å². The summed E-state index contributed by atoms with van der Waals surface area (Å²) in [6, 6.07) is 8.22. The van der Waals surface area contributed by atoms with Gasteiger partial charge < -0.3 is 10.1 Å². The van der Waals surface area contributed by atoms with Crippen LogP contribution in [-0.2, 0) is 11.3 Å². The van der Waals surface area contributed by atoms with Crippen molar-refractivity contribution in [1.29, 1.82) is 0 Å². The number of hydrogen-bond acceptors (Lipinski definition) is 4. The van der Waals surface area contributed by atoms with E-state index in [-0.39, 0.29) is 12.6 Å². The molecular weight excluding hydrogens is 306 g/mol. The molecule has 0 spiro atoms. The highest BCUT2D eigenvalue weighted by Gasteiger charge is 2.63. The lowest BCUT2D eigenvalue weighted by molar-refractivity contribution is -0.227. The molecule has 0 aliphatic carbocycles. The Morgan fingerprint density at radius 1 is 1.25 bits per heavy atom. The van der Waals surface area contributed by atoms with Crippen LogP contribution in [0.15, 0.2) is 24.3 Å². The normalized spacial score (nSPS) is 36.6. The molecule has 2 unspecified atom stereocenters. The standard InChI is InChI=1S/C18H21N3O3/c1-18-8-12-6-14(7-13(9-18)21(12)18)24-17(23)20-10-11-4-2-3-5-15(11)19-16(20)22/h2-5,12-14H,6-10H2,1H3,(H,19,22)/t12-,13+,14?,18?. The first-order valence-corrected chi connectivity index (χ1v) is 8.69. The molecule has 5 rings (SSSR count). The number of rotatable bonds is 1. The van der Waals surface area contributed by atoms with E-state index < -0.39 is 12.1 Å². The maximum atomic E-state index is 12.5. The summed E-state index contributed by atoms with van der Waals surface area (Å²) in [4.78, 5) is 28.4. The van der Waals surface area contributed by atoms with E-state index in [9.17, 15) is 9.59 Å². The van der Waals surface area contributed by atoms with E-state index in [1.54, 1.807) is 0 Å². The van der Waals surface area contributed by atoms with E-state index in [0.29, 0.717) is 17.6 Å². The van der Waals surface area contributed by atoms with E-state index in [2.05, 4.69) is 17.1 Å². The van der Waals surface area contributed by atoms with Crippen molar-refractivity contribution in [1.82, 2.24) is 9.80 Å². The van der Waals surface area contributed by atoms with Crippen molar-refractivity contribution in [2.45, 2.75) is 62.9 Å². The van der Waals surface area contributed by atoms with Gasteiger partial charge in [0.2, 0.25) is 0 Å². The predicted molar refractivity (Wildman–Crippen MR) is 87.6 cm³/mol. The topological polar surface area (TPSA) is 61.9 Å². The number of fused-ring (bicyclic) bond motifs is 1. The number of nitrogens with one attached hydrogen (secondary N) is 1. The Bertz CT molecular complexity index is 718. The van der Waals surface area contributed by atoms with Crippen molar-refractivity contribution in [2.24, 2.45) is 0 Å². The number of anilines is 1. The smallest absolute Gasteiger partial charge is 0.418 e. The van der Waals surface area contributed by atoms with Gasteiger partial charge in [0.1, 0.15) is 6.10 Å². The zero-order valence-corrected chi connectivity index (χ0v) is 13.7. The zero-order chi connectivity index (χ0) is 16.5. The van der Waals surface area contributed by atoms with Crippen molar-refractivity contribution in [3.05, 3.63) is 29.8 Å². The second-order valence-electron chi connectivity index (χ2n) is 7.77. The fourth-order valence-electron chi connectivity index (χ4n) is 5.21. The van der Waals surface area contributed by atoms with Crippen molar-refractivity contribution < 1.29 is 14.3 Å². The molecule has 0 radical (unpaired) electrons. The van der Waals surface area contributed by atoms with Crippen LogP contribution >= 0.6 is 0 Å². The summed E-state index contributed by atoms with van der Waals surface area (Å²) in [5.41, 5.74) is 2.11. The van der Waals surface area contributed by atoms with Gasteiger partial charge in [0, 0.05) is 36.2 Å². The van der Waals surface area contributed by atoms with Crippen LogP contribution in [0.25, 0.3) is 0 Å². The minimum atomic E-state index is -0.526. The third-order valence-electron chi connectivity index (χ3n) is 6.15. The Labute approximate surface area is 140 Å². The molecule has 6 nitrogen and oxygen atoms in total. The minimum absolute atomic E-state index is 0.0708. The molecule has 24 heavy (non-hydrogen) atoms. The number of imide groups is 1. The van der Waals surface area contributed by atoms with Crippen LogP contribution in [0.2, 0.25) is 0 Å². The Morgan fingerprint density at radius 3 is 2.67 bits per heavy atom. The number of carbonyl (C=O) groups is 2. The zero-order valence-electron chi connectivity index (χ0n) is 13.7. The van der Waals surface area contributed by atoms with Crippen molar-refractivity contribution in [2.75, 3.05) is 5.32 Å². The van der Waals surface area contributed by atoms with Crippen LogP contribution in [0.1, 0.15) is 38.2 Å². The summed E-state index contributed by atoms with van der Waals surface area (Å²) in [5.74, 6) is 0. The van der Waals surface area contributed by atoms with Crippen LogP contribution in [0.5, 0.6) is 0 Å². The molecule has 126 valence electrons. The molecule has 4 heterocycles. The molecule has 0 saturated carbocycles. The number of ether oxygens (including phenoxy) is 1. The SMILES string of the molecule is CC12C[C@H]3CC(OC(=O)N4Cc5ccccc5NC4=O)C[C@@H](C1)N32. The number of carbonyl (C=O) groups excluding carboxylic acids is 2. The molecule has 0 bridgehead atoms. The fourth-order valence-corrected chi connectivity index (χ4v) is 5.21. The number of benzene rings is 1. The maximum absolute atomic E-state index is 12.5. The van der Waals surface area contributed by atoms with Gasteiger partial charge in [-0.2, -0.15) is 0 Å². The average Bonchev–Trinajstić information content (AvgIpc) is 2.51. The lowest BCUT2D eigenvalue weighted by Gasteiger charge is -2.72. The van der Waals surface area contributed by atoms with Gasteiger partial charge in [0.25, 0.3) is 0 Å². The molecule has 6 heteroatoms. The summed E-state index contributed by atoms with van der Waals surface area (Å²) < 4.78 is 5.70. The van der Waals surface area contributed by atoms with Gasteiger partial charge in [-0.15, -0.1) is 0 Å². The maximum Gasteiger partial charge on any atom is 0.418 e. The fraction of sp³-hybridized carbons (Fsp3) is 0.556. The largest absolute Gasteiger partial charge is 0.446 e. The summed E-state index contributed by atoms with van der Waals surface area (Å²) in [7, 11) is 0. The molecule has 3 amide bonds. The molecule has 3 saturated heterocycles. The number of piperidine rings is 2. The Kier molecular flexibility index (Phi) is 2.81. The number of urea groups is 1. The van der Waals surface area contributed by atoms with E-state index in [1.807, 2.05) is 24.3 Å². The summed E-state index contributed by atoms with van der Waals surface area (Å²) in [5, 5.41) is 2.75. The number of hydrogen-bond donors (Lipinski definition) is 1. The molecule has 1 aromatic rings.